The SMILES string of the molecule is CCc1ccc(Cc2c(C)n(C)c3ccccc23)cc1. The van der Waals surface area contributed by atoms with Gasteiger partial charge in [-0.3, -0.25) is 0 Å². The fourth-order valence-electron chi connectivity index (χ4n) is 2.92. The third-order valence-electron chi connectivity index (χ3n) is 4.34. The lowest BCUT2D eigenvalue weighted by Gasteiger charge is -2.04. The van der Waals surface area contributed by atoms with Crippen molar-refractivity contribution in [3.05, 3.63) is 70.9 Å². The van der Waals surface area contributed by atoms with Gasteiger partial charge in [0.1, 0.15) is 0 Å². The monoisotopic (exact) mass is 263 g/mol. The molecule has 3 aromatic rings. The standard InChI is InChI=1S/C19H21N/c1-4-15-9-11-16(12-10-15)13-18-14(2)20(3)19-8-6-5-7-17(18)19/h5-12H,4,13H2,1-3H3. The van der Waals surface area contributed by atoms with E-state index in [9.17, 15) is 0 Å². The Kier molecular flexibility index (Phi) is 3.35. The average Bonchev–Trinajstić information content (AvgIpc) is 2.74. The second-order valence-corrected chi connectivity index (χ2v) is 5.49. The molecular weight excluding hydrogens is 242 g/mol. The van der Waals surface area contributed by atoms with Gasteiger partial charge in [0.05, 0.1) is 0 Å². The first-order valence-electron chi connectivity index (χ1n) is 7.31. The van der Waals surface area contributed by atoms with Crippen LogP contribution in [0.1, 0.15) is 29.3 Å². The van der Waals surface area contributed by atoms with Gasteiger partial charge in [-0.05, 0) is 42.5 Å². The molecule has 0 aliphatic heterocycles. The van der Waals surface area contributed by atoms with Crippen LogP contribution in [0.5, 0.6) is 0 Å². The molecule has 1 heteroatoms. The molecule has 20 heavy (non-hydrogen) atoms. The van der Waals surface area contributed by atoms with E-state index in [4.69, 9.17) is 0 Å². The van der Waals surface area contributed by atoms with Gasteiger partial charge in [0.15, 0.2) is 0 Å². The molecule has 3 rings (SSSR count). The van der Waals surface area contributed by atoms with E-state index in [1.807, 2.05) is 0 Å². The van der Waals surface area contributed by atoms with Gasteiger partial charge in [-0.1, -0.05) is 49.4 Å². The van der Waals surface area contributed by atoms with E-state index >= 15 is 0 Å². The van der Waals surface area contributed by atoms with Crippen molar-refractivity contribution < 1.29 is 0 Å². The van der Waals surface area contributed by atoms with E-state index in [2.05, 4.69) is 74.0 Å². The second kappa shape index (κ2) is 5.16. The lowest BCUT2D eigenvalue weighted by Crippen LogP contribution is -1.94. The summed E-state index contributed by atoms with van der Waals surface area (Å²) in [6.07, 6.45) is 2.12. The molecule has 0 N–H and O–H groups in total. The molecule has 0 atom stereocenters. The van der Waals surface area contributed by atoms with E-state index < -0.39 is 0 Å². The highest BCUT2D eigenvalue weighted by atomic mass is 14.9. The molecule has 0 unspecified atom stereocenters. The maximum Gasteiger partial charge on any atom is 0.0482 e. The number of aryl methyl sites for hydroxylation is 2. The number of benzene rings is 2. The Hall–Kier alpha value is -2.02. The number of aromatic nitrogens is 1. The van der Waals surface area contributed by atoms with Gasteiger partial charge in [-0.25, -0.2) is 0 Å². The minimum atomic E-state index is 1.01. The van der Waals surface area contributed by atoms with E-state index in [-0.39, 0.29) is 0 Å². The van der Waals surface area contributed by atoms with Crippen molar-refractivity contribution in [1.82, 2.24) is 4.57 Å². The Morgan fingerprint density at radius 3 is 2.25 bits per heavy atom. The first-order chi connectivity index (χ1) is 9.70. The minimum Gasteiger partial charge on any atom is -0.348 e. The third kappa shape index (κ3) is 2.14. The van der Waals surface area contributed by atoms with Crippen molar-refractivity contribution in [2.75, 3.05) is 0 Å². The number of nitrogens with zero attached hydrogens (tertiary/aromatic N) is 1. The zero-order chi connectivity index (χ0) is 14.1. The fraction of sp³-hybridized carbons (Fsp3) is 0.263. The van der Waals surface area contributed by atoms with Crippen LogP contribution in [0.4, 0.5) is 0 Å². The fourth-order valence-corrected chi connectivity index (χ4v) is 2.92. The zero-order valence-corrected chi connectivity index (χ0v) is 12.5. The summed E-state index contributed by atoms with van der Waals surface area (Å²) in [7, 11) is 2.15. The van der Waals surface area contributed by atoms with Crippen LogP contribution in [0.2, 0.25) is 0 Å². The van der Waals surface area contributed by atoms with Crippen molar-refractivity contribution in [2.45, 2.75) is 26.7 Å². The van der Waals surface area contributed by atoms with Crippen LogP contribution < -0.4 is 0 Å². The summed E-state index contributed by atoms with van der Waals surface area (Å²) in [6, 6.07) is 17.7. The molecular formula is C19H21N. The van der Waals surface area contributed by atoms with Crippen LogP contribution >= 0.6 is 0 Å². The van der Waals surface area contributed by atoms with E-state index in [0.717, 1.165) is 12.8 Å². The van der Waals surface area contributed by atoms with Crippen LogP contribution in [0, 0.1) is 6.92 Å². The lowest BCUT2D eigenvalue weighted by atomic mass is 10.0. The summed E-state index contributed by atoms with van der Waals surface area (Å²) >= 11 is 0. The molecule has 1 nitrogen and oxygen atoms in total. The largest absolute Gasteiger partial charge is 0.348 e. The summed E-state index contributed by atoms with van der Waals surface area (Å²) < 4.78 is 2.30. The highest BCUT2D eigenvalue weighted by Gasteiger charge is 2.11. The Morgan fingerprint density at radius 1 is 0.900 bits per heavy atom. The molecule has 2 aromatic carbocycles. The van der Waals surface area contributed by atoms with Crippen molar-refractivity contribution in [1.29, 1.82) is 0 Å². The third-order valence-corrected chi connectivity index (χ3v) is 4.34. The topological polar surface area (TPSA) is 4.93 Å². The van der Waals surface area contributed by atoms with E-state index in [0.29, 0.717) is 0 Å². The molecule has 0 radical (unpaired) electrons. The summed E-state index contributed by atoms with van der Waals surface area (Å²) in [5.74, 6) is 0. The smallest absolute Gasteiger partial charge is 0.0482 e. The van der Waals surface area contributed by atoms with Crippen LogP contribution in [0.25, 0.3) is 10.9 Å². The Bertz CT molecular complexity index is 732. The summed E-state index contributed by atoms with van der Waals surface area (Å²) in [6.45, 7) is 4.42. The van der Waals surface area contributed by atoms with Gasteiger partial charge >= 0.3 is 0 Å². The Morgan fingerprint density at radius 2 is 1.55 bits per heavy atom. The zero-order valence-electron chi connectivity index (χ0n) is 12.5. The van der Waals surface area contributed by atoms with Crippen molar-refractivity contribution in [3.8, 4) is 0 Å². The van der Waals surface area contributed by atoms with Crippen LogP contribution in [-0.4, -0.2) is 4.57 Å². The normalized spacial score (nSPS) is 11.2. The average molecular weight is 263 g/mol. The van der Waals surface area contributed by atoms with E-state index in [1.165, 1.54) is 33.3 Å². The highest BCUT2D eigenvalue weighted by molar-refractivity contribution is 5.85. The molecule has 0 saturated heterocycles. The van der Waals surface area contributed by atoms with Crippen molar-refractivity contribution in [3.63, 3.8) is 0 Å². The number of rotatable bonds is 3. The number of fused-ring (bicyclic) bond motifs is 1. The second-order valence-electron chi connectivity index (χ2n) is 5.49. The van der Waals surface area contributed by atoms with Crippen LogP contribution in [-0.2, 0) is 19.9 Å². The van der Waals surface area contributed by atoms with Gasteiger partial charge in [0.2, 0.25) is 0 Å². The maximum atomic E-state index is 2.30. The Labute approximate surface area is 120 Å². The summed E-state index contributed by atoms with van der Waals surface area (Å²) in [5, 5.41) is 1.38. The van der Waals surface area contributed by atoms with Crippen molar-refractivity contribution >= 4 is 10.9 Å². The van der Waals surface area contributed by atoms with Gasteiger partial charge < -0.3 is 4.57 Å². The molecule has 0 spiro atoms. The summed E-state index contributed by atoms with van der Waals surface area (Å²) in [5.41, 5.74) is 6.94. The molecule has 0 bridgehead atoms. The van der Waals surface area contributed by atoms with Gasteiger partial charge in [0, 0.05) is 23.6 Å². The van der Waals surface area contributed by atoms with E-state index in [1.54, 1.807) is 0 Å². The highest BCUT2D eigenvalue weighted by Crippen LogP contribution is 2.27. The molecule has 102 valence electrons. The van der Waals surface area contributed by atoms with Crippen LogP contribution in [0.15, 0.2) is 48.5 Å². The first-order valence-corrected chi connectivity index (χ1v) is 7.31. The van der Waals surface area contributed by atoms with Gasteiger partial charge in [0.25, 0.3) is 0 Å². The quantitative estimate of drug-likeness (QED) is 0.648. The van der Waals surface area contributed by atoms with Crippen LogP contribution in [0.3, 0.4) is 0 Å². The number of para-hydroxylation sites is 1. The number of hydrogen-bond donors (Lipinski definition) is 0. The molecule has 1 heterocycles. The predicted octanol–water partition coefficient (Wildman–Crippen LogP) is 4.64. The maximum absolute atomic E-state index is 2.30. The predicted molar refractivity (Wildman–Crippen MR) is 86.3 cm³/mol. The molecule has 0 aliphatic carbocycles. The van der Waals surface area contributed by atoms with Gasteiger partial charge in [-0.15, -0.1) is 0 Å². The number of hydrogen-bond acceptors (Lipinski definition) is 0. The summed E-state index contributed by atoms with van der Waals surface area (Å²) in [4.78, 5) is 0. The molecule has 0 aliphatic rings. The van der Waals surface area contributed by atoms with Gasteiger partial charge in [-0.2, -0.15) is 0 Å². The Balaban J connectivity index is 2.03. The molecule has 0 fully saturated rings. The molecule has 0 amide bonds. The lowest BCUT2D eigenvalue weighted by molar-refractivity contribution is 0.903. The minimum absolute atomic E-state index is 1.01. The molecule has 0 saturated carbocycles. The first kappa shape index (κ1) is 13.0. The van der Waals surface area contributed by atoms with Crippen molar-refractivity contribution in [2.24, 2.45) is 7.05 Å². The molecule has 1 aromatic heterocycles.